The lowest BCUT2D eigenvalue weighted by molar-refractivity contribution is 0.474. The fourth-order valence-corrected chi connectivity index (χ4v) is 3.08. The van der Waals surface area contributed by atoms with Gasteiger partial charge in [-0.2, -0.15) is 0 Å². The highest BCUT2D eigenvalue weighted by Crippen LogP contribution is 2.14. The van der Waals surface area contributed by atoms with Crippen molar-refractivity contribution in [2.75, 3.05) is 14.1 Å². The summed E-state index contributed by atoms with van der Waals surface area (Å²) < 4.78 is 2.19. The van der Waals surface area contributed by atoms with Crippen LogP contribution in [0.1, 0.15) is 23.6 Å². The summed E-state index contributed by atoms with van der Waals surface area (Å²) >= 11 is 6.04. The molecule has 2 heterocycles. The largest absolute Gasteiger partial charge is 0.349 e. The minimum Gasteiger partial charge on any atom is -0.349 e. The molecule has 1 N–H and O–H groups in total. The van der Waals surface area contributed by atoms with E-state index in [-0.39, 0.29) is 0 Å². The number of nitrogens with zero attached hydrogens (tertiary/aromatic N) is 5. The van der Waals surface area contributed by atoms with E-state index in [1.54, 1.807) is 7.05 Å². The molecule has 2 aromatic rings. The van der Waals surface area contributed by atoms with Crippen LogP contribution in [0.3, 0.4) is 0 Å². The minimum atomic E-state index is 0.625. The summed E-state index contributed by atoms with van der Waals surface area (Å²) in [5.41, 5.74) is 1.14. The summed E-state index contributed by atoms with van der Waals surface area (Å²) in [5, 5.41) is 12.6. The third-order valence-corrected chi connectivity index (χ3v) is 4.21. The molecule has 0 bridgehead atoms. The van der Waals surface area contributed by atoms with Crippen LogP contribution in [0.2, 0.25) is 5.02 Å². The summed E-state index contributed by atoms with van der Waals surface area (Å²) in [6.45, 7) is 2.37. The van der Waals surface area contributed by atoms with Crippen molar-refractivity contribution in [3.63, 3.8) is 0 Å². The van der Waals surface area contributed by atoms with Gasteiger partial charge in [0, 0.05) is 38.6 Å². The van der Waals surface area contributed by atoms with Crippen LogP contribution in [0.15, 0.2) is 29.3 Å². The molecule has 1 aromatic heterocycles. The molecule has 0 atom stereocenters. The van der Waals surface area contributed by atoms with Crippen molar-refractivity contribution in [2.24, 2.45) is 4.99 Å². The fraction of sp³-hybridized carbons (Fsp3) is 0.438. The number of halogens is 1. The van der Waals surface area contributed by atoms with E-state index >= 15 is 0 Å². The Morgan fingerprint density at radius 2 is 2.30 bits per heavy atom. The van der Waals surface area contributed by atoms with Crippen molar-refractivity contribution in [3.8, 4) is 0 Å². The molecule has 6 nitrogen and oxygen atoms in total. The Hall–Kier alpha value is -2.08. The predicted octanol–water partition coefficient (Wildman–Crippen LogP) is 2.09. The monoisotopic (exact) mass is 332 g/mol. The first-order valence-corrected chi connectivity index (χ1v) is 8.12. The highest BCUT2D eigenvalue weighted by Gasteiger charge is 2.17. The number of aryl methyl sites for hydroxylation is 1. The maximum atomic E-state index is 6.04. The van der Waals surface area contributed by atoms with E-state index in [9.17, 15) is 0 Å². The summed E-state index contributed by atoms with van der Waals surface area (Å²) in [4.78, 5) is 6.40. The average molecular weight is 333 g/mol. The van der Waals surface area contributed by atoms with Crippen LogP contribution >= 0.6 is 11.6 Å². The first-order valence-electron chi connectivity index (χ1n) is 7.74. The zero-order valence-electron chi connectivity index (χ0n) is 13.5. The van der Waals surface area contributed by atoms with Crippen LogP contribution < -0.4 is 5.32 Å². The first kappa shape index (κ1) is 15.8. The second-order valence-electron chi connectivity index (χ2n) is 5.67. The molecule has 0 unspecified atom stereocenters. The van der Waals surface area contributed by atoms with Crippen molar-refractivity contribution < 1.29 is 0 Å². The molecule has 7 heteroatoms. The number of nitrogens with one attached hydrogen (secondary N) is 1. The molecule has 1 aromatic carbocycles. The molecule has 0 saturated carbocycles. The second kappa shape index (κ2) is 7.00. The number of aromatic nitrogens is 3. The highest BCUT2D eigenvalue weighted by molar-refractivity contribution is 6.30. The number of rotatable bonds is 4. The van der Waals surface area contributed by atoms with E-state index < -0.39 is 0 Å². The molecule has 0 spiro atoms. The molecule has 122 valence electrons. The van der Waals surface area contributed by atoms with E-state index in [4.69, 9.17) is 11.6 Å². The van der Waals surface area contributed by atoms with Crippen molar-refractivity contribution in [3.05, 3.63) is 46.5 Å². The Labute approximate surface area is 141 Å². The predicted molar refractivity (Wildman–Crippen MR) is 91.5 cm³/mol. The maximum absolute atomic E-state index is 6.04. The van der Waals surface area contributed by atoms with E-state index in [1.807, 2.05) is 25.2 Å². The number of benzene rings is 1. The smallest absolute Gasteiger partial charge is 0.194 e. The van der Waals surface area contributed by atoms with Crippen LogP contribution in [0.4, 0.5) is 0 Å². The third kappa shape index (κ3) is 3.64. The van der Waals surface area contributed by atoms with Crippen LogP contribution in [-0.4, -0.2) is 39.7 Å². The first-order chi connectivity index (χ1) is 11.2. The SMILES string of the molecule is CN=C(NCc1nnc2n1CCC2)N(C)Cc1cccc(Cl)c1. The quantitative estimate of drug-likeness (QED) is 0.688. The van der Waals surface area contributed by atoms with Gasteiger partial charge in [0.2, 0.25) is 0 Å². The summed E-state index contributed by atoms with van der Waals surface area (Å²) in [6, 6.07) is 7.86. The fourth-order valence-electron chi connectivity index (χ4n) is 2.87. The Morgan fingerprint density at radius 1 is 1.43 bits per heavy atom. The van der Waals surface area contributed by atoms with Gasteiger partial charge in [-0.1, -0.05) is 23.7 Å². The lowest BCUT2D eigenvalue weighted by Gasteiger charge is -2.22. The van der Waals surface area contributed by atoms with Gasteiger partial charge < -0.3 is 14.8 Å². The standard InChI is InChI=1S/C16H21ClN6/c1-18-16(22(2)11-12-5-3-6-13(17)9-12)19-10-15-21-20-14-7-4-8-23(14)15/h3,5-6,9H,4,7-8,10-11H2,1-2H3,(H,18,19). The van der Waals surface area contributed by atoms with Gasteiger partial charge in [0.1, 0.15) is 5.82 Å². The molecule has 3 rings (SSSR count). The van der Waals surface area contributed by atoms with Gasteiger partial charge in [0.25, 0.3) is 0 Å². The molecule has 1 aliphatic heterocycles. The summed E-state index contributed by atoms with van der Waals surface area (Å²) in [5.74, 6) is 2.87. The molecule has 0 amide bonds. The Balaban J connectivity index is 1.61. The molecular weight excluding hydrogens is 312 g/mol. The normalized spacial score (nSPS) is 14.0. The molecule has 0 aliphatic carbocycles. The highest BCUT2D eigenvalue weighted by atomic mass is 35.5. The van der Waals surface area contributed by atoms with Crippen LogP contribution in [0, 0.1) is 0 Å². The third-order valence-electron chi connectivity index (χ3n) is 3.97. The molecule has 1 aliphatic rings. The minimum absolute atomic E-state index is 0.625. The lowest BCUT2D eigenvalue weighted by Crippen LogP contribution is -2.38. The molecule has 0 saturated heterocycles. The summed E-state index contributed by atoms with van der Waals surface area (Å²) in [7, 11) is 3.79. The lowest BCUT2D eigenvalue weighted by atomic mass is 10.2. The Morgan fingerprint density at radius 3 is 3.09 bits per heavy atom. The van der Waals surface area contributed by atoms with Crippen molar-refractivity contribution in [1.82, 2.24) is 25.0 Å². The van der Waals surface area contributed by atoms with Crippen molar-refractivity contribution >= 4 is 17.6 Å². The number of hydrogen-bond donors (Lipinski definition) is 1. The topological polar surface area (TPSA) is 58.3 Å². The molecule has 0 fully saturated rings. The second-order valence-corrected chi connectivity index (χ2v) is 6.11. The zero-order valence-corrected chi connectivity index (χ0v) is 14.2. The van der Waals surface area contributed by atoms with Crippen molar-refractivity contribution in [2.45, 2.75) is 32.5 Å². The van der Waals surface area contributed by atoms with Gasteiger partial charge in [-0.3, -0.25) is 4.99 Å². The van der Waals surface area contributed by atoms with Gasteiger partial charge in [-0.25, -0.2) is 0 Å². The van der Waals surface area contributed by atoms with Gasteiger partial charge in [0.05, 0.1) is 6.54 Å². The number of fused-ring (bicyclic) bond motifs is 1. The molecular formula is C16H21ClN6. The van der Waals surface area contributed by atoms with E-state index in [2.05, 4.69) is 36.0 Å². The van der Waals surface area contributed by atoms with E-state index in [0.717, 1.165) is 54.1 Å². The molecule has 0 radical (unpaired) electrons. The Kier molecular flexibility index (Phi) is 4.81. The van der Waals surface area contributed by atoms with Gasteiger partial charge in [0.15, 0.2) is 11.8 Å². The summed E-state index contributed by atoms with van der Waals surface area (Å²) in [6.07, 6.45) is 2.18. The van der Waals surface area contributed by atoms with Crippen LogP contribution in [0.25, 0.3) is 0 Å². The zero-order chi connectivity index (χ0) is 16.2. The van der Waals surface area contributed by atoms with Crippen LogP contribution in [-0.2, 0) is 26.1 Å². The maximum Gasteiger partial charge on any atom is 0.194 e. The van der Waals surface area contributed by atoms with Gasteiger partial charge in [-0.15, -0.1) is 10.2 Å². The van der Waals surface area contributed by atoms with Crippen molar-refractivity contribution in [1.29, 1.82) is 0 Å². The molecule has 23 heavy (non-hydrogen) atoms. The number of guanidine groups is 1. The van der Waals surface area contributed by atoms with Gasteiger partial charge in [-0.05, 0) is 24.1 Å². The Bertz CT molecular complexity index is 708. The van der Waals surface area contributed by atoms with Crippen LogP contribution in [0.5, 0.6) is 0 Å². The van der Waals surface area contributed by atoms with E-state index in [0.29, 0.717) is 6.54 Å². The number of hydrogen-bond acceptors (Lipinski definition) is 3. The average Bonchev–Trinajstić information content (AvgIpc) is 3.12. The van der Waals surface area contributed by atoms with Gasteiger partial charge >= 0.3 is 0 Å². The number of aliphatic imine (C=N–C) groups is 1. The van der Waals surface area contributed by atoms with E-state index in [1.165, 1.54) is 0 Å².